The summed E-state index contributed by atoms with van der Waals surface area (Å²) in [5, 5.41) is 16.4. The Bertz CT molecular complexity index is 406. The average molecular weight is 234 g/mol. The van der Waals surface area contributed by atoms with E-state index in [1.807, 2.05) is 24.3 Å². The molecule has 0 aliphatic heterocycles. The van der Waals surface area contributed by atoms with Crippen LogP contribution in [0.25, 0.3) is 0 Å². The zero-order valence-corrected chi connectivity index (χ0v) is 9.97. The zero-order valence-electron chi connectivity index (χ0n) is 9.97. The Morgan fingerprint density at radius 3 is 2.06 bits per heavy atom. The van der Waals surface area contributed by atoms with E-state index in [2.05, 4.69) is 12.1 Å². The fourth-order valence-corrected chi connectivity index (χ4v) is 1.40. The first-order valence-electron chi connectivity index (χ1n) is 5.63. The van der Waals surface area contributed by atoms with Gasteiger partial charge in [-0.1, -0.05) is 30.3 Å². The van der Waals surface area contributed by atoms with Crippen LogP contribution < -0.4 is 0 Å². The van der Waals surface area contributed by atoms with Crippen LogP contribution in [0.3, 0.4) is 0 Å². The lowest BCUT2D eigenvalue weighted by Gasteiger charge is -1.96. The summed E-state index contributed by atoms with van der Waals surface area (Å²) in [6.07, 6.45) is 0.779. The summed E-state index contributed by atoms with van der Waals surface area (Å²) in [7, 11) is 0. The van der Waals surface area contributed by atoms with Gasteiger partial charge in [0.2, 0.25) is 0 Å². The molecule has 0 bridgehead atoms. The number of hydrogen-bond acceptors (Lipinski definition) is 3. The van der Waals surface area contributed by atoms with Crippen LogP contribution in [0.1, 0.15) is 24.0 Å². The highest BCUT2D eigenvalue weighted by molar-refractivity contribution is 5.21. The van der Waals surface area contributed by atoms with E-state index in [-0.39, 0.29) is 13.2 Å². The van der Waals surface area contributed by atoms with Gasteiger partial charge in [0.1, 0.15) is 18.1 Å². The number of benzene rings is 1. The van der Waals surface area contributed by atoms with Crippen LogP contribution in [0.4, 0.5) is 0 Å². The molecule has 0 unspecified atom stereocenters. The van der Waals surface area contributed by atoms with Crippen LogP contribution in [0.5, 0.6) is 0 Å². The molecule has 0 atom stereocenters. The molecule has 0 radical (unpaired) electrons. The van der Waals surface area contributed by atoms with Crippen LogP contribution >= 0.6 is 0 Å². The van der Waals surface area contributed by atoms with Crippen molar-refractivity contribution in [1.29, 1.82) is 0 Å². The summed E-state index contributed by atoms with van der Waals surface area (Å²) >= 11 is 0. The molecule has 3 heteroatoms. The minimum Gasteiger partial charge on any atom is -0.463 e. The molecule has 1 aromatic heterocycles. The molecule has 2 N–H and O–H groups in total. The number of aliphatic hydroxyl groups is 2. The third kappa shape index (κ3) is 4.85. The maximum absolute atomic E-state index is 8.82. The highest BCUT2D eigenvalue weighted by atomic mass is 16.4. The Labute approximate surface area is 101 Å². The van der Waals surface area contributed by atoms with Gasteiger partial charge < -0.3 is 14.6 Å². The monoisotopic (exact) mass is 234 g/mol. The standard InChI is InChI=1S/C12H12O2.C2H6O/c13-9-12-7-6-11(14-12)8-10-4-2-1-3-5-10;1-2-3/h1-7,13H,8-9H2;3H,2H2,1H3. The fraction of sp³-hybridized carbons (Fsp3) is 0.286. The van der Waals surface area contributed by atoms with Gasteiger partial charge in [0, 0.05) is 13.0 Å². The Hall–Kier alpha value is -1.58. The molecule has 3 nitrogen and oxygen atoms in total. The molecule has 92 valence electrons. The van der Waals surface area contributed by atoms with E-state index < -0.39 is 0 Å². The van der Waals surface area contributed by atoms with Crippen molar-refractivity contribution in [3.05, 3.63) is 59.5 Å². The molecule has 0 saturated carbocycles. The van der Waals surface area contributed by atoms with E-state index in [4.69, 9.17) is 14.6 Å². The Kier molecular flexibility index (Phi) is 6.07. The van der Waals surface area contributed by atoms with E-state index in [1.54, 1.807) is 13.0 Å². The number of aliphatic hydroxyl groups excluding tert-OH is 2. The molecule has 2 aromatic rings. The van der Waals surface area contributed by atoms with E-state index >= 15 is 0 Å². The van der Waals surface area contributed by atoms with E-state index in [9.17, 15) is 0 Å². The normalized spacial score (nSPS) is 9.59. The first kappa shape index (κ1) is 13.5. The second-order valence-corrected chi connectivity index (χ2v) is 3.50. The molecule has 0 aliphatic carbocycles. The van der Waals surface area contributed by atoms with Gasteiger partial charge in [-0.25, -0.2) is 0 Å². The summed E-state index contributed by atoms with van der Waals surface area (Å²) in [6, 6.07) is 13.8. The van der Waals surface area contributed by atoms with Crippen molar-refractivity contribution in [2.75, 3.05) is 6.61 Å². The van der Waals surface area contributed by atoms with Crippen LogP contribution in [-0.2, 0) is 13.0 Å². The predicted octanol–water partition coefficient (Wildman–Crippen LogP) is 2.36. The molecule has 2 rings (SSSR count). The number of furan rings is 1. The van der Waals surface area contributed by atoms with Gasteiger partial charge in [0.05, 0.1) is 0 Å². The topological polar surface area (TPSA) is 53.6 Å². The summed E-state index contributed by atoms with van der Waals surface area (Å²) in [5.74, 6) is 1.51. The molecule has 1 aromatic carbocycles. The smallest absolute Gasteiger partial charge is 0.129 e. The Morgan fingerprint density at radius 1 is 0.941 bits per heavy atom. The molecule has 0 spiro atoms. The van der Waals surface area contributed by atoms with Crippen molar-refractivity contribution in [1.82, 2.24) is 0 Å². The molecular weight excluding hydrogens is 216 g/mol. The van der Waals surface area contributed by atoms with E-state index in [0.717, 1.165) is 12.2 Å². The minimum atomic E-state index is -0.0329. The lowest BCUT2D eigenvalue weighted by Crippen LogP contribution is -1.84. The van der Waals surface area contributed by atoms with Gasteiger partial charge in [0.25, 0.3) is 0 Å². The number of rotatable bonds is 3. The first-order valence-corrected chi connectivity index (χ1v) is 5.63. The number of hydrogen-bond donors (Lipinski definition) is 2. The zero-order chi connectivity index (χ0) is 12.5. The highest BCUT2D eigenvalue weighted by Crippen LogP contribution is 2.12. The van der Waals surface area contributed by atoms with Crippen LogP contribution in [0.2, 0.25) is 0 Å². The van der Waals surface area contributed by atoms with Gasteiger partial charge in [-0.2, -0.15) is 0 Å². The lowest BCUT2D eigenvalue weighted by molar-refractivity contribution is 0.244. The molecule has 0 amide bonds. The fourth-order valence-electron chi connectivity index (χ4n) is 1.40. The third-order valence-corrected chi connectivity index (χ3v) is 2.09. The largest absolute Gasteiger partial charge is 0.463 e. The van der Waals surface area contributed by atoms with Crippen LogP contribution in [-0.4, -0.2) is 16.8 Å². The van der Waals surface area contributed by atoms with Crippen molar-refractivity contribution in [2.24, 2.45) is 0 Å². The SMILES string of the molecule is CCO.OCc1ccc(Cc2ccccc2)o1. The lowest BCUT2D eigenvalue weighted by atomic mass is 10.1. The van der Waals surface area contributed by atoms with Gasteiger partial charge in [0.15, 0.2) is 0 Å². The third-order valence-electron chi connectivity index (χ3n) is 2.09. The maximum atomic E-state index is 8.82. The van der Waals surface area contributed by atoms with Gasteiger partial charge in [-0.15, -0.1) is 0 Å². The van der Waals surface area contributed by atoms with Gasteiger partial charge in [-0.3, -0.25) is 0 Å². The summed E-state index contributed by atoms with van der Waals surface area (Å²) < 4.78 is 5.39. The maximum Gasteiger partial charge on any atom is 0.129 e. The molecule has 0 fully saturated rings. The minimum absolute atomic E-state index is 0.0329. The summed E-state index contributed by atoms with van der Waals surface area (Å²) in [4.78, 5) is 0. The quantitative estimate of drug-likeness (QED) is 0.857. The molecule has 0 saturated heterocycles. The van der Waals surface area contributed by atoms with Crippen LogP contribution in [0.15, 0.2) is 46.9 Å². The molecule has 17 heavy (non-hydrogen) atoms. The van der Waals surface area contributed by atoms with Gasteiger partial charge in [-0.05, 0) is 24.6 Å². The highest BCUT2D eigenvalue weighted by Gasteiger charge is 2.01. The van der Waals surface area contributed by atoms with Gasteiger partial charge >= 0.3 is 0 Å². The summed E-state index contributed by atoms with van der Waals surface area (Å²) in [5.41, 5.74) is 1.21. The van der Waals surface area contributed by atoms with E-state index in [0.29, 0.717) is 5.76 Å². The molecule has 0 aliphatic rings. The Morgan fingerprint density at radius 2 is 1.53 bits per heavy atom. The second-order valence-electron chi connectivity index (χ2n) is 3.50. The summed E-state index contributed by atoms with van der Waals surface area (Å²) in [6.45, 7) is 1.90. The second kappa shape index (κ2) is 7.65. The van der Waals surface area contributed by atoms with Crippen molar-refractivity contribution < 1.29 is 14.6 Å². The van der Waals surface area contributed by atoms with E-state index in [1.165, 1.54) is 5.56 Å². The predicted molar refractivity (Wildman–Crippen MR) is 66.6 cm³/mol. The molecule has 1 heterocycles. The molecular formula is C14H18O3. The van der Waals surface area contributed by atoms with Crippen molar-refractivity contribution in [3.8, 4) is 0 Å². The van der Waals surface area contributed by atoms with Crippen molar-refractivity contribution in [2.45, 2.75) is 20.0 Å². The average Bonchev–Trinajstić information content (AvgIpc) is 2.79. The van der Waals surface area contributed by atoms with Crippen molar-refractivity contribution in [3.63, 3.8) is 0 Å². The van der Waals surface area contributed by atoms with Crippen LogP contribution in [0, 0.1) is 0 Å². The Balaban J connectivity index is 0.000000437. The first-order chi connectivity index (χ1) is 8.30. The van der Waals surface area contributed by atoms with Crippen molar-refractivity contribution >= 4 is 0 Å².